The Morgan fingerprint density at radius 1 is 1.28 bits per heavy atom. The number of hydrogen-bond donors (Lipinski definition) is 1. The Morgan fingerprint density at radius 3 is 2.83 bits per heavy atom. The van der Waals surface area contributed by atoms with Gasteiger partial charge < -0.3 is 10.1 Å². The summed E-state index contributed by atoms with van der Waals surface area (Å²) in [6.07, 6.45) is 2.55. The highest BCUT2D eigenvalue weighted by Crippen LogP contribution is 2.27. The third-order valence-electron chi connectivity index (χ3n) is 3.77. The van der Waals surface area contributed by atoms with Crippen molar-refractivity contribution in [1.29, 1.82) is 0 Å². The lowest BCUT2D eigenvalue weighted by molar-refractivity contribution is 0.209. The second-order valence-corrected chi connectivity index (χ2v) is 5.24. The zero-order valence-electron chi connectivity index (χ0n) is 10.9. The SMILES string of the molecule is Cc1ccc(C2CN=C(C3CCCNC3)O2)cc1. The smallest absolute Gasteiger partial charge is 0.188 e. The Bertz CT molecular complexity index is 432. The topological polar surface area (TPSA) is 33.6 Å². The minimum absolute atomic E-state index is 0.127. The van der Waals surface area contributed by atoms with E-state index in [1.54, 1.807) is 0 Å². The minimum Gasteiger partial charge on any atom is -0.471 e. The summed E-state index contributed by atoms with van der Waals surface area (Å²) in [5.41, 5.74) is 2.53. The molecule has 18 heavy (non-hydrogen) atoms. The van der Waals surface area contributed by atoms with Crippen LogP contribution in [-0.4, -0.2) is 25.5 Å². The molecule has 3 rings (SSSR count). The molecular weight excluding hydrogens is 224 g/mol. The van der Waals surface area contributed by atoms with Crippen LogP contribution in [0.2, 0.25) is 0 Å². The van der Waals surface area contributed by atoms with Crippen molar-refractivity contribution >= 4 is 5.90 Å². The van der Waals surface area contributed by atoms with Crippen LogP contribution in [-0.2, 0) is 4.74 Å². The van der Waals surface area contributed by atoms with Gasteiger partial charge in [-0.1, -0.05) is 29.8 Å². The van der Waals surface area contributed by atoms with E-state index in [2.05, 4.69) is 41.5 Å². The van der Waals surface area contributed by atoms with E-state index in [0.717, 1.165) is 25.5 Å². The van der Waals surface area contributed by atoms with Crippen LogP contribution in [0, 0.1) is 12.8 Å². The van der Waals surface area contributed by atoms with E-state index in [-0.39, 0.29) is 6.10 Å². The normalized spacial score (nSPS) is 27.7. The Labute approximate surface area is 108 Å². The molecule has 0 bridgehead atoms. The maximum absolute atomic E-state index is 6.04. The van der Waals surface area contributed by atoms with Crippen LogP contribution in [0.5, 0.6) is 0 Å². The summed E-state index contributed by atoms with van der Waals surface area (Å²) < 4.78 is 6.04. The molecule has 3 heteroatoms. The van der Waals surface area contributed by atoms with Crippen molar-refractivity contribution in [3.8, 4) is 0 Å². The van der Waals surface area contributed by atoms with Crippen LogP contribution in [0.4, 0.5) is 0 Å². The quantitative estimate of drug-likeness (QED) is 0.867. The summed E-state index contributed by atoms with van der Waals surface area (Å²) in [6, 6.07) is 8.58. The van der Waals surface area contributed by atoms with Crippen molar-refractivity contribution in [3.05, 3.63) is 35.4 Å². The molecule has 0 spiro atoms. The number of nitrogens with zero attached hydrogens (tertiary/aromatic N) is 1. The molecule has 1 aromatic carbocycles. The fraction of sp³-hybridized carbons (Fsp3) is 0.533. The monoisotopic (exact) mass is 244 g/mol. The lowest BCUT2D eigenvalue weighted by Gasteiger charge is -2.23. The van der Waals surface area contributed by atoms with Gasteiger partial charge in [0.1, 0.15) is 6.10 Å². The summed E-state index contributed by atoms with van der Waals surface area (Å²) in [6.45, 7) is 5.02. The first-order chi connectivity index (χ1) is 8.83. The third-order valence-corrected chi connectivity index (χ3v) is 3.77. The van der Waals surface area contributed by atoms with Gasteiger partial charge in [-0.05, 0) is 31.9 Å². The lowest BCUT2D eigenvalue weighted by atomic mass is 10.00. The van der Waals surface area contributed by atoms with Gasteiger partial charge in [0.2, 0.25) is 0 Å². The molecule has 0 aromatic heterocycles. The standard InChI is InChI=1S/C15H20N2O/c1-11-4-6-12(7-5-11)14-10-17-15(18-14)13-3-2-8-16-9-13/h4-7,13-14,16H,2-3,8-10H2,1H3. The molecule has 3 nitrogen and oxygen atoms in total. The van der Waals surface area contributed by atoms with Crippen molar-refractivity contribution in [2.24, 2.45) is 10.9 Å². The average molecular weight is 244 g/mol. The maximum Gasteiger partial charge on any atom is 0.188 e. The molecule has 0 radical (unpaired) electrons. The number of ether oxygens (including phenoxy) is 1. The Morgan fingerprint density at radius 2 is 2.11 bits per heavy atom. The lowest BCUT2D eigenvalue weighted by Crippen LogP contribution is -2.34. The van der Waals surface area contributed by atoms with E-state index >= 15 is 0 Å². The molecule has 0 aliphatic carbocycles. The van der Waals surface area contributed by atoms with Gasteiger partial charge in [-0.3, -0.25) is 4.99 Å². The summed E-state index contributed by atoms with van der Waals surface area (Å²) in [4.78, 5) is 4.59. The second kappa shape index (κ2) is 5.11. The number of rotatable bonds is 2. The number of aryl methyl sites for hydroxylation is 1. The molecule has 1 fully saturated rings. The Hall–Kier alpha value is -1.35. The average Bonchev–Trinajstić information content (AvgIpc) is 2.90. The van der Waals surface area contributed by atoms with Gasteiger partial charge >= 0.3 is 0 Å². The molecule has 2 heterocycles. The third kappa shape index (κ3) is 2.41. The van der Waals surface area contributed by atoms with Gasteiger partial charge in [0.05, 0.1) is 6.54 Å². The van der Waals surface area contributed by atoms with E-state index in [1.807, 2.05) is 0 Å². The van der Waals surface area contributed by atoms with E-state index in [1.165, 1.54) is 24.0 Å². The fourth-order valence-electron chi connectivity index (χ4n) is 2.64. The first-order valence-electron chi connectivity index (χ1n) is 6.81. The van der Waals surface area contributed by atoms with Crippen LogP contribution < -0.4 is 5.32 Å². The molecule has 1 saturated heterocycles. The predicted octanol–water partition coefficient (Wildman–Crippen LogP) is 2.46. The van der Waals surface area contributed by atoms with Crippen LogP contribution in [0.1, 0.15) is 30.1 Å². The second-order valence-electron chi connectivity index (χ2n) is 5.24. The van der Waals surface area contributed by atoms with Gasteiger partial charge in [0.15, 0.2) is 5.90 Å². The van der Waals surface area contributed by atoms with Gasteiger partial charge in [-0.2, -0.15) is 0 Å². The van der Waals surface area contributed by atoms with Crippen LogP contribution in [0.15, 0.2) is 29.3 Å². The van der Waals surface area contributed by atoms with Crippen LogP contribution in [0.3, 0.4) is 0 Å². The Kier molecular flexibility index (Phi) is 3.33. The first-order valence-corrected chi connectivity index (χ1v) is 6.81. The van der Waals surface area contributed by atoms with E-state index < -0.39 is 0 Å². The Balaban J connectivity index is 1.64. The molecule has 0 amide bonds. The van der Waals surface area contributed by atoms with Crippen molar-refractivity contribution in [2.45, 2.75) is 25.9 Å². The molecule has 96 valence electrons. The highest BCUT2D eigenvalue weighted by molar-refractivity contribution is 5.80. The highest BCUT2D eigenvalue weighted by atomic mass is 16.5. The zero-order valence-corrected chi connectivity index (χ0v) is 10.9. The zero-order chi connectivity index (χ0) is 12.4. The van der Waals surface area contributed by atoms with Gasteiger partial charge in [-0.15, -0.1) is 0 Å². The molecule has 0 saturated carbocycles. The number of benzene rings is 1. The molecule has 2 aliphatic heterocycles. The molecule has 2 atom stereocenters. The summed E-state index contributed by atoms with van der Waals surface area (Å²) >= 11 is 0. The van der Waals surface area contributed by atoms with Crippen molar-refractivity contribution < 1.29 is 4.74 Å². The van der Waals surface area contributed by atoms with Crippen LogP contribution in [0.25, 0.3) is 0 Å². The molecule has 2 aliphatic rings. The molecule has 1 aromatic rings. The van der Waals surface area contributed by atoms with E-state index in [0.29, 0.717) is 5.92 Å². The number of aliphatic imine (C=N–C) groups is 1. The van der Waals surface area contributed by atoms with Crippen molar-refractivity contribution in [2.75, 3.05) is 19.6 Å². The van der Waals surface area contributed by atoms with Gasteiger partial charge in [-0.25, -0.2) is 0 Å². The van der Waals surface area contributed by atoms with E-state index in [4.69, 9.17) is 4.74 Å². The summed E-state index contributed by atoms with van der Waals surface area (Å²) in [5, 5.41) is 3.41. The van der Waals surface area contributed by atoms with Gasteiger partial charge in [0, 0.05) is 12.5 Å². The fourth-order valence-corrected chi connectivity index (χ4v) is 2.64. The van der Waals surface area contributed by atoms with Crippen LogP contribution >= 0.6 is 0 Å². The summed E-state index contributed by atoms with van der Waals surface area (Å²) in [5.74, 6) is 1.45. The largest absolute Gasteiger partial charge is 0.471 e. The highest BCUT2D eigenvalue weighted by Gasteiger charge is 2.28. The molecular formula is C15H20N2O. The molecule has 1 N–H and O–H groups in total. The number of hydrogen-bond acceptors (Lipinski definition) is 3. The van der Waals surface area contributed by atoms with Crippen molar-refractivity contribution in [1.82, 2.24) is 5.32 Å². The maximum atomic E-state index is 6.04. The summed E-state index contributed by atoms with van der Waals surface area (Å²) in [7, 11) is 0. The molecule has 2 unspecified atom stereocenters. The first kappa shape index (κ1) is 11.7. The minimum atomic E-state index is 0.127. The van der Waals surface area contributed by atoms with Crippen molar-refractivity contribution in [3.63, 3.8) is 0 Å². The van der Waals surface area contributed by atoms with Gasteiger partial charge in [0.25, 0.3) is 0 Å². The van der Waals surface area contributed by atoms with E-state index in [9.17, 15) is 0 Å². The number of nitrogens with one attached hydrogen (secondary N) is 1. The number of piperidine rings is 1. The predicted molar refractivity (Wildman–Crippen MR) is 72.9 cm³/mol.